The summed E-state index contributed by atoms with van der Waals surface area (Å²) in [6, 6.07) is 0. The van der Waals surface area contributed by atoms with Crippen LogP contribution in [0.2, 0.25) is 0 Å². The van der Waals surface area contributed by atoms with Crippen LogP contribution in [0.5, 0.6) is 0 Å². The van der Waals surface area contributed by atoms with E-state index >= 15 is 0 Å². The second-order valence-electron chi connectivity index (χ2n) is 5.27. The Labute approximate surface area is 116 Å². The van der Waals surface area contributed by atoms with Crippen molar-refractivity contribution in [3.63, 3.8) is 0 Å². The van der Waals surface area contributed by atoms with Crippen molar-refractivity contribution in [2.24, 2.45) is 0 Å². The first-order valence-electron chi connectivity index (χ1n) is 5.81. The van der Waals surface area contributed by atoms with Crippen LogP contribution >= 0.6 is 0 Å². The van der Waals surface area contributed by atoms with Crippen molar-refractivity contribution in [3.05, 3.63) is 0 Å². The lowest BCUT2D eigenvalue weighted by Crippen LogP contribution is -2.78. The highest BCUT2D eigenvalue weighted by Gasteiger charge is 2.91. The highest BCUT2D eigenvalue weighted by Crippen LogP contribution is 2.65. The minimum absolute atomic E-state index is 0.0774. The Kier molecular flexibility index (Phi) is 3.93. The molecule has 126 valence electrons. The van der Waals surface area contributed by atoms with Gasteiger partial charge in [-0.2, -0.15) is 17.2 Å². The molecule has 1 N–H and O–H groups in total. The summed E-state index contributed by atoms with van der Waals surface area (Å²) in [7, 11) is -6.75. The zero-order valence-electron chi connectivity index (χ0n) is 10.9. The lowest BCUT2D eigenvalue weighted by atomic mass is 9.67. The molecule has 0 heterocycles. The third-order valence-corrected chi connectivity index (χ3v) is 4.97. The molecule has 0 aromatic rings. The van der Waals surface area contributed by atoms with Crippen molar-refractivity contribution in [2.45, 2.75) is 61.3 Å². The molecule has 1 saturated carbocycles. The predicted octanol–water partition coefficient (Wildman–Crippen LogP) is 3.45. The summed E-state index contributed by atoms with van der Waals surface area (Å²) in [5.74, 6) is -11.5. The van der Waals surface area contributed by atoms with E-state index in [-0.39, 0.29) is 6.92 Å². The summed E-state index contributed by atoms with van der Waals surface area (Å²) in [5, 5.41) is -5.96. The lowest BCUT2D eigenvalue weighted by molar-refractivity contribution is -0.332. The maximum Gasteiger partial charge on any atom is 0.362 e. The van der Waals surface area contributed by atoms with Gasteiger partial charge in [-0.25, -0.2) is 22.0 Å². The van der Waals surface area contributed by atoms with Gasteiger partial charge in [0.25, 0.3) is 0 Å². The van der Waals surface area contributed by atoms with Crippen LogP contribution in [0.25, 0.3) is 0 Å². The SMILES string of the molecule is CCCC1(F)C(C)(F)CC(F)(F)C(F)(S(=O)(=O)O)C1(F)F. The third-order valence-electron chi connectivity index (χ3n) is 3.70. The monoisotopic (exact) mass is 346 g/mol. The van der Waals surface area contributed by atoms with Gasteiger partial charge in [0, 0.05) is 0 Å². The Bertz CT molecular complexity index is 533. The molecule has 0 saturated heterocycles. The first kappa shape index (κ1) is 18.5. The molecule has 3 unspecified atom stereocenters. The Balaban J connectivity index is 3.77. The molecular weight excluding hydrogens is 333 g/mol. The van der Waals surface area contributed by atoms with Crippen molar-refractivity contribution in [2.75, 3.05) is 0 Å². The highest BCUT2D eigenvalue weighted by molar-refractivity contribution is 7.87. The first-order chi connectivity index (χ1) is 9.02. The van der Waals surface area contributed by atoms with Gasteiger partial charge in [-0.15, -0.1) is 0 Å². The van der Waals surface area contributed by atoms with Crippen LogP contribution in [0.4, 0.5) is 30.7 Å². The fraction of sp³-hybridized carbons (Fsp3) is 1.00. The van der Waals surface area contributed by atoms with Crippen molar-refractivity contribution >= 4 is 10.1 Å². The molecule has 1 aliphatic rings. The summed E-state index contributed by atoms with van der Waals surface area (Å²) in [5.41, 5.74) is -8.43. The average Bonchev–Trinajstić information content (AvgIpc) is 2.22. The van der Waals surface area contributed by atoms with E-state index in [1.54, 1.807) is 0 Å². The van der Waals surface area contributed by atoms with Crippen LogP contribution in [0.1, 0.15) is 33.1 Å². The summed E-state index contributed by atoms with van der Waals surface area (Å²) in [6.45, 7) is 1.17. The number of halogens is 7. The maximum absolute atomic E-state index is 14.4. The topological polar surface area (TPSA) is 54.4 Å². The molecule has 1 aliphatic carbocycles. The van der Waals surface area contributed by atoms with Gasteiger partial charge in [0.1, 0.15) is 0 Å². The molecule has 0 amide bonds. The average molecular weight is 346 g/mol. The largest absolute Gasteiger partial charge is 0.362 e. The second-order valence-corrected chi connectivity index (χ2v) is 6.79. The van der Waals surface area contributed by atoms with Gasteiger partial charge < -0.3 is 0 Å². The quantitative estimate of drug-likeness (QED) is 0.629. The number of hydrogen-bond acceptors (Lipinski definition) is 2. The van der Waals surface area contributed by atoms with Crippen LogP contribution in [0, 0.1) is 0 Å². The van der Waals surface area contributed by atoms with Gasteiger partial charge in [-0.1, -0.05) is 13.3 Å². The van der Waals surface area contributed by atoms with Crippen LogP contribution in [0.15, 0.2) is 0 Å². The Morgan fingerprint density at radius 2 is 1.48 bits per heavy atom. The van der Waals surface area contributed by atoms with E-state index in [2.05, 4.69) is 0 Å². The zero-order valence-corrected chi connectivity index (χ0v) is 11.8. The minimum Gasteiger partial charge on any atom is -0.283 e. The summed E-state index contributed by atoms with van der Waals surface area (Å²) >= 11 is 0. The number of rotatable bonds is 3. The number of hydrogen-bond donors (Lipinski definition) is 1. The van der Waals surface area contributed by atoms with Gasteiger partial charge in [0.2, 0.25) is 5.67 Å². The molecule has 0 radical (unpaired) electrons. The van der Waals surface area contributed by atoms with E-state index in [1.807, 2.05) is 0 Å². The van der Waals surface area contributed by atoms with E-state index in [4.69, 9.17) is 4.55 Å². The van der Waals surface area contributed by atoms with Crippen LogP contribution < -0.4 is 0 Å². The molecule has 0 aromatic carbocycles. The standard InChI is InChI=1S/C10H13F7O3S/c1-3-4-7(12)6(2,11)5-8(13,14)10(17,9(7,15)16)21(18,19)20/h3-5H2,1-2H3,(H,18,19,20). The molecule has 0 spiro atoms. The fourth-order valence-corrected chi connectivity index (χ4v) is 3.53. The molecule has 0 bridgehead atoms. The smallest absolute Gasteiger partial charge is 0.283 e. The Hall–Kier alpha value is -0.580. The molecule has 3 nitrogen and oxygen atoms in total. The molecule has 11 heteroatoms. The predicted molar refractivity (Wildman–Crippen MR) is 58.2 cm³/mol. The van der Waals surface area contributed by atoms with Gasteiger partial charge in [-0.05, 0) is 13.3 Å². The molecular formula is C10H13F7O3S. The highest BCUT2D eigenvalue weighted by atomic mass is 32.2. The third kappa shape index (κ3) is 1.99. The van der Waals surface area contributed by atoms with Crippen LogP contribution in [0.3, 0.4) is 0 Å². The van der Waals surface area contributed by atoms with Crippen LogP contribution in [-0.2, 0) is 10.1 Å². The Morgan fingerprint density at radius 3 is 1.81 bits per heavy atom. The van der Waals surface area contributed by atoms with Gasteiger partial charge in [-0.3, -0.25) is 4.55 Å². The first-order valence-corrected chi connectivity index (χ1v) is 7.25. The normalized spacial score (nSPS) is 42.8. The summed E-state index contributed by atoms with van der Waals surface area (Å²) in [4.78, 5) is 0. The van der Waals surface area contributed by atoms with Gasteiger partial charge in [0.15, 0.2) is 5.67 Å². The van der Waals surface area contributed by atoms with Crippen molar-refractivity contribution in [3.8, 4) is 0 Å². The molecule has 21 heavy (non-hydrogen) atoms. The fourth-order valence-electron chi connectivity index (χ4n) is 2.60. The number of alkyl halides is 7. The van der Waals surface area contributed by atoms with E-state index in [1.165, 1.54) is 0 Å². The van der Waals surface area contributed by atoms with Gasteiger partial charge in [0.05, 0.1) is 6.42 Å². The summed E-state index contributed by atoms with van der Waals surface area (Å²) < 4.78 is 128. The van der Waals surface area contributed by atoms with E-state index in [9.17, 15) is 39.2 Å². The van der Waals surface area contributed by atoms with E-state index in [0.29, 0.717) is 0 Å². The molecule has 3 atom stereocenters. The lowest BCUT2D eigenvalue weighted by Gasteiger charge is -2.53. The van der Waals surface area contributed by atoms with Crippen molar-refractivity contribution in [1.82, 2.24) is 0 Å². The zero-order chi connectivity index (χ0) is 17.1. The minimum atomic E-state index is -6.75. The maximum atomic E-state index is 14.4. The van der Waals surface area contributed by atoms with Gasteiger partial charge >= 0.3 is 27.0 Å². The van der Waals surface area contributed by atoms with Crippen LogP contribution in [-0.4, -0.2) is 41.2 Å². The summed E-state index contributed by atoms with van der Waals surface area (Å²) in [6.07, 6.45) is -4.37. The molecule has 1 rings (SSSR count). The van der Waals surface area contributed by atoms with E-state index < -0.39 is 57.6 Å². The van der Waals surface area contributed by atoms with Crippen molar-refractivity contribution in [1.29, 1.82) is 0 Å². The Morgan fingerprint density at radius 1 is 1.05 bits per heavy atom. The molecule has 0 aliphatic heterocycles. The molecule has 1 fully saturated rings. The van der Waals surface area contributed by atoms with Crippen molar-refractivity contribution < 1.29 is 43.7 Å². The molecule has 0 aromatic heterocycles. The second kappa shape index (κ2) is 4.46. The van der Waals surface area contributed by atoms with E-state index in [0.717, 1.165) is 6.92 Å².